The molecule has 0 fully saturated rings. The van der Waals surface area contributed by atoms with Gasteiger partial charge in [-0.2, -0.15) is 0 Å². The zero-order chi connectivity index (χ0) is 12.8. The van der Waals surface area contributed by atoms with Gasteiger partial charge in [-0.15, -0.1) is 0 Å². The maximum absolute atomic E-state index is 10.7. The number of nitrogens with zero attached hydrogens (tertiary/aromatic N) is 1. The summed E-state index contributed by atoms with van der Waals surface area (Å²) in [7, 11) is 0. The van der Waals surface area contributed by atoms with E-state index in [2.05, 4.69) is 36.9 Å². The second-order valence-electron chi connectivity index (χ2n) is 4.50. The summed E-state index contributed by atoms with van der Waals surface area (Å²) >= 11 is 0. The molecule has 0 saturated heterocycles. The molecule has 1 atom stereocenters. The van der Waals surface area contributed by atoms with Crippen LogP contribution in [0.3, 0.4) is 0 Å². The van der Waals surface area contributed by atoms with Gasteiger partial charge in [0, 0.05) is 12.6 Å². The van der Waals surface area contributed by atoms with Crippen molar-refractivity contribution in [3.63, 3.8) is 0 Å². The van der Waals surface area contributed by atoms with E-state index in [0.29, 0.717) is 0 Å². The molecule has 3 heteroatoms. The number of benzene rings is 1. The second kappa shape index (κ2) is 6.40. The Labute approximate surface area is 103 Å². The normalized spacial score (nSPS) is 12.7. The van der Waals surface area contributed by atoms with Crippen LogP contribution in [-0.2, 0) is 11.3 Å². The lowest BCUT2D eigenvalue weighted by Gasteiger charge is -2.26. The van der Waals surface area contributed by atoms with Crippen molar-refractivity contribution in [2.24, 2.45) is 0 Å². The minimum absolute atomic E-state index is 0.0676. The molecule has 0 aromatic heterocycles. The monoisotopic (exact) mass is 235 g/mol. The number of carbonyl (C=O) groups is 1. The van der Waals surface area contributed by atoms with Crippen molar-refractivity contribution in [1.29, 1.82) is 0 Å². The Hall–Kier alpha value is -1.35. The summed E-state index contributed by atoms with van der Waals surface area (Å²) in [5.41, 5.74) is 2.48. The van der Waals surface area contributed by atoms with Gasteiger partial charge in [-0.3, -0.25) is 9.69 Å². The van der Waals surface area contributed by atoms with Gasteiger partial charge in [0.25, 0.3) is 0 Å². The Balaban J connectivity index is 2.66. The number of rotatable bonds is 6. The second-order valence-corrected chi connectivity index (χ2v) is 4.50. The maximum atomic E-state index is 10.7. The van der Waals surface area contributed by atoms with Gasteiger partial charge >= 0.3 is 5.97 Å². The lowest BCUT2D eigenvalue weighted by atomic mass is 10.1. The van der Waals surface area contributed by atoms with Gasteiger partial charge in [-0.25, -0.2) is 0 Å². The number of carboxylic acids is 1. The fourth-order valence-corrected chi connectivity index (χ4v) is 2.01. The molecule has 3 nitrogen and oxygen atoms in total. The highest BCUT2D eigenvalue weighted by molar-refractivity contribution is 5.67. The Morgan fingerprint density at radius 2 is 2.18 bits per heavy atom. The largest absolute Gasteiger partial charge is 0.481 e. The van der Waals surface area contributed by atoms with Crippen LogP contribution in [0.1, 0.15) is 31.4 Å². The number of aryl methyl sites for hydroxylation is 1. The fraction of sp³-hybridized carbons (Fsp3) is 0.500. The first-order chi connectivity index (χ1) is 8.02. The molecular weight excluding hydrogens is 214 g/mol. The average Bonchev–Trinajstić information content (AvgIpc) is 2.24. The van der Waals surface area contributed by atoms with Crippen LogP contribution >= 0.6 is 0 Å². The van der Waals surface area contributed by atoms with E-state index in [1.54, 1.807) is 0 Å². The molecule has 0 aliphatic heterocycles. The van der Waals surface area contributed by atoms with E-state index in [1.165, 1.54) is 11.1 Å². The Bertz CT molecular complexity index is 376. The van der Waals surface area contributed by atoms with Crippen molar-refractivity contribution >= 4 is 5.97 Å². The number of hydrogen-bond donors (Lipinski definition) is 1. The van der Waals surface area contributed by atoms with Crippen LogP contribution in [0.15, 0.2) is 24.3 Å². The first-order valence-corrected chi connectivity index (χ1v) is 6.04. The molecule has 1 unspecified atom stereocenters. The molecule has 1 N–H and O–H groups in total. The van der Waals surface area contributed by atoms with E-state index < -0.39 is 5.97 Å². The summed E-state index contributed by atoms with van der Waals surface area (Å²) in [6.07, 6.45) is 0.194. The molecule has 0 aliphatic carbocycles. The zero-order valence-electron chi connectivity index (χ0n) is 10.8. The van der Waals surface area contributed by atoms with Crippen molar-refractivity contribution in [1.82, 2.24) is 4.90 Å². The first kappa shape index (κ1) is 13.7. The van der Waals surface area contributed by atoms with Crippen molar-refractivity contribution in [3.8, 4) is 0 Å². The van der Waals surface area contributed by atoms with E-state index in [0.717, 1.165) is 13.1 Å². The van der Waals surface area contributed by atoms with Crippen molar-refractivity contribution < 1.29 is 9.90 Å². The third-order valence-corrected chi connectivity index (χ3v) is 2.97. The molecule has 1 rings (SSSR count). The van der Waals surface area contributed by atoms with E-state index >= 15 is 0 Å². The van der Waals surface area contributed by atoms with Gasteiger partial charge in [-0.05, 0) is 26.0 Å². The molecule has 94 valence electrons. The highest BCUT2D eigenvalue weighted by Crippen LogP contribution is 2.11. The van der Waals surface area contributed by atoms with Crippen LogP contribution in [0, 0.1) is 6.92 Å². The van der Waals surface area contributed by atoms with Crippen LogP contribution in [0.5, 0.6) is 0 Å². The molecule has 0 amide bonds. The molecule has 17 heavy (non-hydrogen) atoms. The summed E-state index contributed by atoms with van der Waals surface area (Å²) in [6, 6.07) is 8.41. The van der Waals surface area contributed by atoms with Gasteiger partial charge < -0.3 is 5.11 Å². The van der Waals surface area contributed by atoms with Crippen LogP contribution < -0.4 is 0 Å². The number of aliphatic carboxylic acids is 1. The van der Waals surface area contributed by atoms with Gasteiger partial charge in [-0.1, -0.05) is 36.8 Å². The predicted octanol–water partition coefficient (Wildman–Crippen LogP) is 2.68. The van der Waals surface area contributed by atoms with Crippen LogP contribution in [0.25, 0.3) is 0 Å². The fourth-order valence-electron chi connectivity index (χ4n) is 2.01. The molecular formula is C14H21NO2. The molecule has 0 radical (unpaired) electrons. The third-order valence-electron chi connectivity index (χ3n) is 2.97. The van der Waals surface area contributed by atoms with Gasteiger partial charge in [0.05, 0.1) is 6.42 Å². The SMILES string of the molecule is CCN(Cc1cccc(C)c1)C(C)CC(=O)O. The maximum Gasteiger partial charge on any atom is 0.304 e. The lowest BCUT2D eigenvalue weighted by Crippen LogP contribution is -2.34. The van der Waals surface area contributed by atoms with Gasteiger partial charge in [0.1, 0.15) is 0 Å². The quantitative estimate of drug-likeness (QED) is 0.824. The van der Waals surface area contributed by atoms with E-state index in [-0.39, 0.29) is 12.5 Å². The lowest BCUT2D eigenvalue weighted by molar-refractivity contribution is -0.138. The smallest absolute Gasteiger partial charge is 0.304 e. The Morgan fingerprint density at radius 3 is 2.71 bits per heavy atom. The molecule has 1 aromatic rings. The summed E-state index contributed by atoms with van der Waals surface area (Å²) in [5, 5.41) is 8.81. The molecule has 1 aromatic carbocycles. The first-order valence-electron chi connectivity index (χ1n) is 6.04. The Morgan fingerprint density at radius 1 is 1.47 bits per heavy atom. The third kappa shape index (κ3) is 4.57. The summed E-state index contributed by atoms with van der Waals surface area (Å²) < 4.78 is 0. The predicted molar refractivity (Wildman–Crippen MR) is 69.0 cm³/mol. The standard InChI is InChI=1S/C14H21NO2/c1-4-15(12(3)9-14(16)17)10-13-7-5-6-11(2)8-13/h5-8,12H,4,9-10H2,1-3H3,(H,16,17). The summed E-state index contributed by atoms with van der Waals surface area (Å²) in [6.45, 7) is 7.77. The Kier molecular flexibility index (Phi) is 5.16. The van der Waals surface area contributed by atoms with E-state index in [1.807, 2.05) is 13.0 Å². The molecule has 0 spiro atoms. The minimum atomic E-state index is -0.736. The molecule has 0 heterocycles. The van der Waals surface area contributed by atoms with Crippen molar-refractivity contribution in [2.75, 3.05) is 6.54 Å². The van der Waals surface area contributed by atoms with E-state index in [9.17, 15) is 4.79 Å². The minimum Gasteiger partial charge on any atom is -0.481 e. The van der Waals surface area contributed by atoms with Crippen molar-refractivity contribution in [2.45, 2.75) is 39.8 Å². The van der Waals surface area contributed by atoms with Crippen LogP contribution in [-0.4, -0.2) is 28.6 Å². The molecule has 0 bridgehead atoms. The zero-order valence-corrected chi connectivity index (χ0v) is 10.8. The number of carboxylic acid groups (broad SMARTS) is 1. The highest BCUT2D eigenvalue weighted by atomic mass is 16.4. The number of hydrogen-bond acceptors (Lipinski definition) is 2. The van der Waals surface area contributed by atoms with Gasteiger partial charge in [0.2, 0.25) is 0 Å². The topological polar surface area (TPSA) is 40.5 Å². The van der Waals surface area contributed by atoms with E-state index in [4.69, 9.17) is 5.11 Å². The summed E-state index contributed by atoms with van der Waals surface area (Å²) in [5.74, 6) is -0.736. The highest BCUT2D eigenvalue weighted by Gasteiger charge is 2.15. The molecule has 0 saturated carbocycles. The molecule has 0 aliphatic rings. The average molecular weight is 235 g/mol. The van der Waals surface area contributed by atoms with Crippen LogP contribution in [0.4, 0.5) is 0 Å². The van der Waals surface area contributed by atoms with Crippen LogP contribution in [0.2, 0.25) is 0 Å². The summed E-state index contributed by atoms with van der Waals surface area (Å²) in [4.78, 5) is 12.9. The van der Waals surface area contributed by atoms with Gasteiger partial charge in [0.15, 0.2) is 0 Å². The van der Waals surface area contributed by atoms with Crippen molar-refractivity contribution in [3.05, 3.63) is 35.4 Å².